The molecule has 1 N–H and O–H groups in total. The molecular weight excluding hydrogens is 341 g/mol. The number of rotatable bonds is 4. The lowest BCUT2D eigenvalue weighted by atomic mass is 10.1. The molecule has 1 heterocycles. The molecule has 0 bridgehead atoms. The Balaban J connectivity index is 1.88. The van der Waals surface area contributed by atoms with Gasteiger partial charge in [-0.05, 0) is 58.3 Å². The summed E-state index contributed by atoms with van der Waals surface area (Å²) in [7, 11) is 0. The van der Waals surface area contributed by atoms with Crippen molar-refractivity contribution in [1.29, 1.82) is 0 Å². The van der Waals surface area contributed by atoms with E-state index < -0.39 is 0 Å². The highest BCUT2D eigenvalue weighted by Gasteiger charge is 2.01. The number of thiophene rings is 1. The maximum absolute atomic E-state index is 13.3. The number of halogens is 2. The normalized spacial score (nSPS) is 10.9. The second kappa shape index (κ2) is 6.81. The van der Waals surface area contributed by atoms with E-state index in [9.17, 15) is 9.18 Å². The summed E-state index contributed by atoms with van der Waals surface area (Å²) in [6, 6.07) is 8.80. The largest absolute Gasteiger partial charge is 0.348 e. The predicted molar refractivity (Wildman–Crippen MR) is 84.0 cm³/mol. The zero-order chi connectivity index (χ0) is 14.5. The van der Waals surface area contributed by atoms with Crippen molar-refractivity contribution in [1.82, 2.24) is 5.32 Å². The van der Waals surface area contributed by atoms with Gasteiger partial charge in [-0.2, -0.15) is 0 Å². The zero-order valence-electron chi connectivity index (χ0n) is 10.8. The lowest BCUT2D eigenvalue weighted by Crippen LogP contribution is -2.20. The maximum atomic E-state index is 13.3. The van der Waals surface area contributed by atoms with Gasteiger partial charge in [-0.15, -0.1) is 11.3 Å². The number of hydrogen-bond donors (Lipinski definition) is 1. The topological polar surface area (TPSA) is 29.1 Å². The van der Waals surface area contributed by atoms with Gasteiger partial charge >= 0.3 is 0 Å². The van der Waals surface area contributed by atoms with E-state index in [1.807, 2.05) is 12.1 Å². The van der Waals surface area contributed by atoms with Crippen LogP contribution in [0.2, 0.25) is 0 Å². The number of hydrogen-bond acceptors (Lipinski definition) is 2. The summed E-state index contributed by atoms with van der Waals surface area (Å²) in [5, 5.41) is 2.72. The van der Waals surface area contributed by atoms with Crippen LogP contribution < -0.4 is 5.32 Å². The highest BCUT2D eigenvalue weighted by molar-refractivity contribution is 9.11. The van der Waals surface area contributed by atoms with Gasteiger partial charge in [-0.25, -0.2) is 4.39 Å². The number of amides is 1. The van der Waals surface area contributed by atoms with E-state index in [-0.39, 0.29) is 11.7 Å². The molecule has 2 nitrogen and oxygen atoms in total. The third kappa shape index (κ3) is 4.28. The van der Waals surface area contributed by atoms with Crippen LogP contribution in [0.25, 0.3) is 6.08 Å². The molecule has 0 atom stereocenters. The summed E-state index contributed by atoms with van der Waals surface area (Å²) in [5.41, 5.74) is 1.34. The van der Waals surface area contributed by atoms with Gasteiger partial charge in [0.05, 0.1) is 3.79 Å². The Morgan fingerprint density at radius 3 is 2.85 bits per heavy atom. The van der Waals surface area contributed by atoms with E-state index in [1.165, 1.54) is 12.1 Å². The minimum Gasteiger partial charge on any atom is -0.348 e. The standard InChI is InChI=1S/C15H13BrFNOS/c1-10-2-3-11(8-13(10)17)9-18-15(19)7-5-12-4-6-14(16)20-12/h2-8H,9H2,1H3,(H,18,19)/b7-5+. The van der Waals surface area contributed by atoms with E-state index in [2.05, 4.69) is 21.2 Å². The van der Waals surface area contributed by atoms with E-state index in [4.69, 9.17) is 0 Å². The molecule has 1 aromatic carbocycles. The Morgan fingerprint density at radius 1 is 1.40 bits per heavy atom. The molecule has 0 aliphatic rings. The van der Waals surface area contributed by atoms with Crippen LogP contribution >= 0.6 is 27.3 Å². The third-order valence-electron chi connectivity index (χ3n) is 2.70. The van der Waals surface area contributed by atoms with Crippen molar-refractivity contribution in [2.75, 3.05) is 0 Å². The molecule has 5 heteroatoms. The lowest BCUT2D eigenvalue weighted by molar-refractivity contribution is -0.116. The summed E-state index contributed by atoms with van der Waals surface area (Å²) >= 11 is 4.91. The summed E-state index contributed by atoms with van der Waals surface area (Å²) in [6.45, 7) is 2.02. The molecule has 0 fully saturated rings. The summed E-state index contributed by atoms with van der Waals surface area (Å²) < 4.78 is 14.4. The van der Waals surface area contributed by atoms with E-state index in [0.29, 0.717) is 12.1 Å². The first-order valence-corrected chi connectivity index (χ1v) is 7.62. The van der Waals surface area contributed by atoms with Crippen LogP contribution in [0.1, 0.15) is 16.0 Å². The average Bonchev–Trinajstić information content (AvgIpc) is 2.83. The number of nitrogens with one attached hydrogen (secondary N) is 1. The van der Waals surface area contributed by atoms with Crippen molar-refractivity contribution >= 4 is 39.2 Å². The quantitative estimate of drug-likeness (QED) is 0.816. The Morgan fingerprint density at radius 2 is 2.20 bits per heavy atom. The van der Waals surface area contributed by atoms with Crippen LogP contribution in [0.5, 0.6) is 0 Å². The number of aryl methyl sites for hydroxylation is 1. The predicted octanol–water partition coefficient (Wildman–Crippen LogP) is 4.29. The summed E-state index contributed by atoms with van der Waals surface area (Å²) in [5.74, 6) is -0.453. The lowest BCUT2D eigenvalue weighted by Gasteiger charge is -2.04. The van der Waals surface area contributed by atoms with Crippen molar-refractivity contribution in [2.24, 2.45) is 0 Å². The molecule has 104 valence electrons. The fraction of sp³-hybridized carbons (Fsp3) is 0.133. The molecule has 1 amide bonds. The van der Waals surface area contributed by atoms with Crippen LogP contribution in [0, 0.1) is 12.7 Å². The van der Waals surface area contributed by atoms with Crippen molar-refractivity contribution in [2.45, 2.75) is 13.5 Å². The second-order valence-electron chi connectivity index (χ2n) is 4.28. The molecule has 0 spiro atoms. The fourth-order valence-electron chi connectivity index (χ4n) is 1.57. The first-order valence-electron chi connectivity index (χ1n) is 6.01. The van der Waals surface area contributed by atoms with Gasteiger partial charge in [0, 0.05) is 17.5 Å². The van der Waals surface area contributed by atoms with Gasteiger partial charge in [0.15, 0.2) is 0 Å². The Kier molecular flexibility index (Phi) is 5.09. The Hall–Kier alpha value is -1.46. The molecule has 20 heavy (non-hydrogen) atoms. The van der Waals surface area contributed by atoms with Crippen LogP contribution in [0.15, 0.2) is 40.2 Å². The van der Waals surface area contributed by atoms with Crippen molar-refractivity contribution in [3.05, 3.63) is 62.0 Å². The highest BCUT2D eigenvalue weighted by atomic mass is 79.9. The third-order valence-corrected chi connectivity index (χ3v) is 4.28. The van der Waals surface area contributed by atoms with Crippen molar-refractivity contribution < 1.29 is 9.18 Å². The minimum absolute atomic E-state index is 0.199. The SMILES string of the molecule is Cc1ccc(CNC(=O)/C=C/c2ccc(Br)s2)cc1F. The smallest absolute Gasteiger partial charge is 0.244 e. The van der Waals surface area contributed by atoms with Crippen LogP contribution in [-0.4, -0.2) is 5.91 Å². The van der Waals surface area contributed by atoms with Crippen LogP contribution in [0.3, 0.4) is 0 Å². The van der Waals surface area contributed by atoms with Gasteiger partial charge in [0.1, 0.15) is 5.82 Å². The van der Waals surface area contributed by atoms with Crippen molar-refractivity contribution in [3.63, 3.8) is 0 Å². The van der Waals surface area contributed by atoms with Gasteiger partial charge < -0.3 is 5.32 Å². The Bertz CT molecular complexity index is 651. The van der Waals surface area contributed by atoms with E-state index >= 15 is 0 Å². The number of carbonyl (C=O) groups is 1. The first kappa shape index (κ1) is 14.9. The monoisotopic (exact) mass is 353 g/mol. The molecule has 0 aliphatic carbocycles. The second-order valence-corrected chi connectivity index (χ2v) is 6.77. The summed E-state index contributed by atoms with van der Waals surface area (Å²) in [4.78, 5) is 12.6. The molecule has 0 radical (unpaired) electrons. The molecule has 2 rings (SSSR count). The van der Waals surface area contributed by atoms with Crippen LogP contribution in [-0.2, 0) is 11.3 Å². The van der Waals surface area contributed by atoms with Gasteiger partial charge in [-0.3, -0.25) is 4.79 Å². The molecule has 0 aliphatic heterocycles. The molecule has 0 unspecified atom stereocenters. The van der Waals surface area contributed by atoms with Crippen LogP contribution in [0.4, 0.5) is 4.39 Å². The van der Waals surface area contributed by atoms with Crippen molar-refractivity contribution in [3.8, 4) is 0 Å². The van der Waals surface area contributed by atoms with Gasteiger partial charge in [0.25, 0.3) is 0 Å². The summed E-state index contributed by atoms with van der Waals surface area (Å²) in [6.07, 6.45) is 3.23. The molecule has 2 aromatic rings. The van der Waals surface area contributed by atoms with E-state index in [1.54, 1.807) is 36.5 Å². The molecular formula is C15H13BrFNOS. The number of carbonyl (C=O) groups excluding carboxylic acids is 1. The molecule has 0 saturated carbocycles. The zero-order valence-corrected chi connectivity index (χ0v) is 13.2. The fourth-order valence-corrected chi connectivity index (χ4v) is 2.90. The maximum Gasteiger partial charge on any atom is 0.244 e. The first-order chi connectivity index (χ1) is 9.54. The average molecular weight is 354 g/mol. The molecule has 0 saturated heterocycles. The molecule has 1 aromatic heterocycles. The minimum atomic E-state index is -0.254. The van der Waals surface area contributed by atoms with Gasteiger partial charge in [-0.1, -0.05) is 12.1 Å². The van der Waals surface area contributed by atoms with E-state index in [0.717, 1.165) is 14.2 Å². The van der Waals surface area contributed by atoms with Gasteiger partial charge in [0.2, 0.25) is 5.91 Å². The number of benzene rings is 1. The highest BCUT2D eigenvalue weighted by Crippen LogP contribution is 2.22. The Labute approximate surface area is 129 Å².